The number of aromatic nitrogens is 4. The molecule has 11 aromatic rings. The van der Waals surface area contributed by atoms with Crippen LogP contribution in [0.5, 0.6) is 0 Å². The zero-order valence-electron chi connectivity index (χ0n) is 26.7. The molecule has 0 aliphatic heterocycles. The third-order valence-electron chi connectivity index (χ3n) is 9.99. The molecular weight excluding hydrogens is 613 g/mol. The summed E-state index contributed by atoms with van der Waals surface area (Å²) in [5.74, 6) is 1.85. The number of furan rings is 1. The Bertz CT molecular complexity index is 3010. The smallest absolute Gasteiger partial charge is 0.164 e. The van der Waals surface area contributed by atoms with Gasteiger partial charge in [0, 0.05) is 54.6 Å². The second-order valence-electron chi connectivity index (χ2n) is 12.8. The van der Waals surface area contributed by atoms with E-state index in [2.05, 4.69) is 95.4 Å². The highest BCUT2D eigenvalue weighted by Crippen LogP contribution is 2.45. The van der Waals surface area contributed by atoms with Gasteiger partial charge in [0.15, 0.2) is 17.5 Å². The molecule has 0 amide bonds. The van der Waals surface area contributed by atoms with Crippen LogP contribution in [0, 0.1) is 0 Å². The molecule has 11 rings (SSSR count). The molecule has 0 saturated heterocycles. The van der Waals surface area contributed by atoms with E-state index in [1.54, 1.807) is 0 Å². The van der Waals surface area contributed by atoms with Crippen molar-refractivity contribution in [3.63, 3.8) is 0 Å². The average Bonchev–Trinajstić information content (AvgIpc) is 3.84. The van der Waals surface area contributed by atoms with Gasteiger partial charge >= 0.3 is 0 Å². The molecule has 0 fully saturated rings. The lowest BCUT2D eigenvalue weighted by atomic mass is 9.97. The minimum Gasteiger partial charge on any atom is -0.455 e. The molecule has 5 nitrogen and oxygen atoms in total. The summed E-state index contributed by atoms with van der Waals surface area (Å²) in [6.45, 7) is 0. The fraction of sp³-hybridized carbons (Fsp3) is 0. The first-order valence-corrected chi connectivity index (χ1v) is 16.8. The number of nitrogens with zero attached hydrogens (tertiary/aromatic N) is 4. The maximum Gasteiger partial charge on any atom is 0.164 e. The average molecular weight is 639 g/mol. The van der Waals surface area contributed by atoms with E-state index in [9.17, 15) is 0 Å². The molecule has 50 heavy (non-hydrogen) atoms. The molecule has 0 aliphatic rings. The van der Waals surface area contributed by atoms with E-state index in [1.807, 2.05) is 66.7 Å². The molecule has 232 valence electrons. The molecule has 0 N–H and O–H groups in total. The summed E-state index contributed by atoms with van der Waals surface area (Å²) in [5.41, 5.74) is 10.1. The molecule has 0 unspecified atom stereocenters. The fourth-order valence-corrected chi connectivity index (χ4v) is 7.76. The number of hydrogen-bond donors (Lipinski definition) is 0. The predicted molar refractivity (Wildman–Crippen MR) is 204 cm³/mol. The van der Waals surface area contributed by atoms with Crippen molar-refractivity contribution in [2.45, 2.75) is 0 Å². The van der Waals surface area contributed by atoms with Crippen molar-refractivity contribution in [2.75, 3.05) is 0 Å². The molecule has 5 heteroatoms. The summed E-state index contributed by atoms with van der Waals surface area (Å²) in [4.78, 5) is 15.2. The van der Waals surface area contributed by atoms with Crippen molar-refractivity contribution < 1.29 is 4.42 Å². The van der Waals surface area contributed by atoms with Crippen LogP contribution in [0.1, 0.15) is 0 Å². The summed E-state index contributed by atoms with van der Waals surface area (Å²) in [7, 11) is 0. The van der Waals surface area contributed by atoms with Crippen LogP contribution in [0.15, 0.2) is 162 Å². The Hall–Kier alpha value is -6.85. The quantitative estimate of drug-likeness (QED) is 0.192. The van der Waals surface area contributed by atoms with Crippen LogP contribution in [0.2, 0.25) is 0 Å². The summed E-state index contributed by atoms with van der Waals surface area (Å²) in [6.07, 6.45) is 0. The molecule has 0 spiro atoms. The van der Waals surface area contributed by atoms with E-state index in [1.165, 1.54) is 32.6 Å². The second kappa shape index (κ2) is 10.3. The standard InChI is InChI=1S/C45H26N4O/c1-4-13-27(14-5-1)30-23-24-34(45-47-43(28-15-6-2-7-16-28)46-44(48-45)29-17-8-3-9-18-29)40-36-25-38-35(26-39(36)50-42(30)40)33-21-12-20-32-31-19-10-11-22-37(31)49(38)41(32)33/h1-26H. The zero-order chi connectivity index (χ0) is 32.8. The van der Waals surface area contributed by atoms with E-state index in [-0.39, 0.29) is 0 Å². The minimum absolute atomic E-state index is 0.600. The van der Waals surface area contributed by atoms with Crippen molar-refractivity contribution >= 4 is 60.0 Å². The van der Waals surface area contributed by atoms with E-state index in [4.69, 9.17) is 19.4 Å². The van der Waals surface area contributed by atoms with Crippen LogP contribution >= 0.6 is 0 Å². The molecule has 0 aliphatic carbocycles. The molecule has 4 heterocycles. The fourth-order valence-electron chi connectivity index (χ4n) is 7.76. The Morgan fingerprint density at radius 1 is 0.400 bits per heavy atom. The Labute approximate surface area is 286 Å². The van der Waals surface area contributed by atoms with Crippen LogP contribution in [0.25, 0.3) is 105 Å². The highest BCUT2D eigenvalue weighted by Gasteiger charge is 2.23. The Morgan fingerprint density at radius 2 is 0.960 bits per heavy atom. The minimum atomic E-state index is 0.600. The largest absolute Gasteiger partial charge is 0.455 e. The summed E-state index contributed by atoms with van der Waals surface area (Å²) >= 11 is 0. The molecule has 0 atom stereocenters. The molecule has 0 bridgehead atoms. The molecule has 0 saturated carbocycles. The lowest BCUT2D eigenvalue weighted by Gasteiger charge is -2.11. The first kappa shape index (κ1) is 27.1. The van der Waals surface area contributed by atoms with E-state index < -0.39 is 0 Å². The summed E-state index contributed by atoms with van der Waals surface area (Å²) in [5, 5.41) is 6.91. The second-order valence-corrected chi connectivity index (χ2v) is 12.8. The normalized spacial score (nSPS) is 12.0. The molecule has 4 aromatic heterocycles. The Balaban J connectivity index is 1.27. The van der Waals surface area contributed by atoms with Crippen molar-refractivity contribution in [1.82, 2.24) is 19.4 Å². The highest BCUT2D eigenvalue weighted by atomic mass is 16.3. The number of fused-ring (bicyclic) bond motifs is 9. The Kier molecular flexibility index (Phi) is 5.60. The summed E-state index contributed by atoms with van der Waals surface area (Å²) < 4.78 is 9.35. The van der Waals surface area contributed by atoms with Crippen molar-refractivity contribution in [3.05, 3.63) is 158 Å². The van der Waals surface area contributed by atoms with E-state index >= 15 is 0 Å². The van der Waals surface area contributed by atoms with Gasteiger partial charge in [0.1, 0.15) is 11.2 Å². The van der Waals surface area contributed by atoms with Gasteiger partial charge in [-0.25, -0.2) is 15.0 Å². The Morgan fingerprint density at radius 3 is 1.66 bits per heavy atom. The van der Waals surface area contributed by atoms with Gasteiger partial charge < -0.3 is 8.82 Å². The zero-order valence-corrected chi connectivity index (χ0v) is 26.7. The van der Waals surface area contributed by atoms with Gasteiger partial charge in [0.05, 0.1) is 16.6 Å². The summed E-state index contributed by atoms with van der Waals surface area (Å²) in [6, 6.07) is 54.7. The van der Waals surface area contributed by atoms with E-state index in [0.29, 0.717) is 17.5 Å². The van der Waals surface area contributed by atoms with Gasteiger partial charge in [-0.15, -0.1) is 0 Å². The molecule has 7 aromatic carbocycles. The van der Waals surface area contributed by atoms with E-state index in [0.717, 1.165) is 55.3 Å². The third-order valence-corrected chi connectivity index (χ3v) is 9.99. The number of benzene rings is 7. The number of rotatable bonds is 4. The highest BCUT2D eigenvalue weighted by molar-refractivity contribution is 6.26. The van der Waals surface area contributed by atoms with Crippen molar-refractivity contribution in [2.24, 2.45) is 0 Å². The topological polar surface area (TPSA) is 56.2 Å². The molecular formula is C45H26N4O. The monoisotopic (exact) mass is 638 g/mol. The lowest BCUT2D eigenvalue weighted by Crippen LogP contribution is -2.00. The van der Waals surface area contributed by atoms with Gasteiger partial charge in [-0.1, -0.05) is 127 Å². The predicted octanol–water partition coefficient (Wildman–Crippen LogP) is 11.6. The van der Waals surface area contributed by atoms with Crippen LogP contribution in [-0.2, 0) is 0 Å². The van der Waals surface area contributed by atoms with Crippen LogP contribution < -0.4 is 0 Å². The van der Waals surface area contributed by atoms with Crippen LogP contribution in [0.3, 0.4) is 0 Å². The SMILES string of the molecule is c1ccc(-c2nc(-c3ccccc3)nc(-c3ccc(-c4ccccc4)c4oc5cc6c7cccc8c9ccccc9n(c6cc5c34)c87)n2)cc1. The maximum atomic E-state index is 6.93. The van der Waals surface area contributed by atoms with Crippen LogP contribution in [0.4, 0.5) is 0 Å². The number of para-hydroxylation sites is 2. The van der Waals surface area contributed by atoms with Gasteiger partial charge in [0.25, 0.3) is 0 Å². The third kappa shape index (κ3) is 3.86. The first-order valence-electron chi connectivity index (χ1n) is 16.8. The van der Waals surface area contributed by atoms with Crippen LogP contribution in [-0.4, -0.2) is 19.4 Å². The molecule has 0 radical (unpaired) electrons. The van der Waals surface area contributed by atoms with Gasteiger partial charge in [-0.05, 0) is 35.9 Å². The van der Waals surface area contributed by atoms with Crippen molar-refractivity contribution in [3.8, 4) is 45.3 Å². The van der Waals surface area contributed by atoms with Gasteiger partial charge in [-0.2, -0.15) is 0 Å². The van der Waals surface area contributed by atoms with Crippen molar-refractivity contribution in [1.29, 1.82) is 0 Å². The first-order chi connectivity index (χ1) is 24.8. The lowest BCUT2D eigenvalue weighted by molar-refractivity contribution is 0.670. The number of hydrogen-bond acceptors (Lipinski definition) is 4. The maximum absolute atomic E-state index is 6.93. The van der Waals surface area contributed by atoms with Gasteiger partial charge in [-0.3, -0.25) is 0 Å². The van der Waals surface area contributed by atoms with Gasteiger partial charge in [0.2, 0.25) is 0 Å².